The number of amides is 1. The quantitative estimate of drug-likeness (QED) is 0.808. The van der Waals surface area contributed by atoms with Crippen molar-refractivity contribution in [1.29, 1.82) is 0 Å². The molecule has 0 saturated heterocycles. The summed E-state index contributed by atoms with van der Waals surface area (Å²) in [6.45, 7) is 2.06. The van der Waals surface area contributed by atoms with Gasteiger partial charge in [0.25, 0.3) is 0 Å². The van der Waals surface area contributed by atoms with Crippen molar-refractivity contribution >= 4 is 28.9 Å². The standard InChI is InChI=1S/C17H26ClN3O/c1-3-16(21(2)13-7-5-4-6-8-13)17(22)20-12-9-10-14(18)15(19)11-12/h9-11,13,16H,3-8,19H2,1-2H3,(H,20,22). The fourth-order valence-corrected chi connectivity index (χ4v) is 3.37. The van der Waals surface area contributed by atoms with Gasteiger partial charge in [-0.05, 0) is 44.5 Å². The predicted octanol–water partition coefficient (Wildman–Crippen LogP) is 3.90. The Balaban J connectivity index is 2.02. The number of halogens is 1. The number of nitrogens with two attached hydrogens (primary N) is 1. The Labute approximate surface area is 138 Å². The minimum atomic E-state index is -0.111. The van der Waals surface area contributed by atoms with E-state index in [0.29, 0.717) is 22.4 Å². The van der Waals surface area contributed by atoms with Gasteiger partial charge in [-0.3, -0.25) is 9.69 Å². The number of nitrogens with zero attached hydrogens (tertiary/aromatic N) is 1. The Bertz CT molecular complexity index is 515. The monoisotopic (exact) mass is 323 g/mol. The number of hydrogen-bond acceptors (Lipinski definition) is 3. The number of carbonyl (C=O) groups is 1. The van der Waals surface area contributed by atoms with Crippen LogP contribution < -0.4 is 11.1 Å². The third-order valence-electron chi connectivity index (χ3n) is 4.60. The minimum absolute atomic E-state index is 0.0253. The minimum Gasteiger partial charge on any atom is -0.397 e. The molecule has 1 unspecified atom stereocenters. The zero-order valence-corrected chi connectivity index (χ0v) is 14.2. The van der Waals surface area contributed by atoms with Crippen LogP contribution >= 0.6 is 11.6 Å². The molecule has 22 heavy (non-hydrogen) atoms. The van der Waals surface area contributed by atoms with Crippen molar-refractivity contribution in [3.05, 3.63) is 23.2 Å². The second kappa shape index (κ2) is 7.84. The van der Waals surface area contributed by atoms with Crippen LogP contribution in [-0.2, 0) is 4.79 Å². The summed E-state index contributed by atoms with van der Waals surface area (Å²) >= 11 is 5.91. The topological polar surface area (TPSA) is 58.4 Å². The molecule has 1 aliphatic carbocycles. The van der Waals surface area contributed by atoms with E-state index in [-0.39, 0.29) is 11.9 Å². The smallest absolute Gasteiger partial charge is 0.241 e. The number of anilines is 2. The van der Waals surface area contributed by atoms with Gasteiger partial charge in [0.05, 0.1) is 16.8 Å². The molecular formula is C17H26ClN3O. The van der Waals surface area contributed by atoms with Crippen molar-refractivity contribution in [2.75, 3.05) is 18.1 Å². The summed E-state index contributed by atoms with van der Waals surface area (Å²) in [6.07, 6.45) is 7.02. The molecule has 3 N–H and O–H groups in total. The summed E-state index contributed by atoms with van der Waals surface area (Å²) in [4.78, 5) is 14.8. The highest BCUT2D eigenvalue weighted by atomic mass is 35.5. The first kappa shape index (κ1) is 17.1. The molecule has 0 aliphatic heterocycles. The van der Waals surface area contributed by atoms with Gasteiger partial charge in [0.2, 0.25) is 5.91 Å². The fourth-order valence-electron chi connectivity index (χ4n) is 3.25. The molecule has 4 nitrogen and oxygen atoms in total. The first-order valence-corrected chi connectivity index (χ1v) is 8.48. The maximum absolute atomic E-state index is 12.6. The average molecular weight is 324 g/mol. The van der Waals surface area contributed by atoms with E-state index in [4.69, 9.17) is 17.3 Å². The Kier molecular flexibility index (Phi) is 6.09. The summed E-state index contributed by atoms with van der Waals surface area (Å²) in [5, 5.41) is 3.47. The lowest BCUT2D eigenvalue weighted by Gasteiger charge is -2.36. The van der Waals surface area contributed by atoms with Crippen LogP contribution in [0.25, 0.3) is 0 Å². The van der Waals surface area contributed by atoms with E-state index in [1.165, 1.54) is 32.1 Å². The van der Waals surface area contributed by atoms with Crippen molar-refractivity contribution in [3.8, 4) is 0 Å². The molecule has 0 bridgehead atoms. The molecule has 1 aromatic rings. The van der Waals surface area contributed by atoms with Crippen LogP contribution in [0.15, 0.2) is 18.2 Å². The highest BCUT2D eigenvalue weighted by molar-refractivity contribution is 6.33. The number of rotatable bonds is 5. The number of nitrogens with one attached hydrogen (secondary N) is 1. The molecule has 1 atom stereocenters. The third-order valence-corrected chi connectivity index (χ3v) is 4.94. The van der Waals surface area contributed by atoms with Crippen molar-refractivity contribution in [2.24, 2.45) is 0 Å². The zero-order chi connectivity index (χ0) is 16.1. The number of benzene rings is 1. The molecule has 1 saturated carbocycles. The maximum Gasteiger partial charge on any atom is 0.241 e. The van der Waals surface area contributed by atoms with E-state index < -0.39 is 0 Å². The van der Waals surface area contributed by atoms with E-state index in [1.807, 2.05) is 0 Å². The molecule has 0 heterocycles. The van der Waals surface area contributed by atoms with E-state index >= 15 is 0 Å². The van der Waals surface area contributed by atoms with Gasteiger partial charge in [0.15, 0.2) is 0 Å². The first-order chi connectivity index (χ1) is 10.5. The van der Waals surface area contributed by atoms with Gasteiger partial charge in [0.1, 0.15) is 0 Å². The molecule has 1 fully saturated rings. The van der Waals surface area contributed by atoms with Crippen molar-refractivity contribution in [3.63, 3.8) is 0 Å². The van der Waals surface area contributed by atoms with Crippen LogP contribution in [0.4, 0.5) is 11.4 Å². The summed E-state index contributed by atoms with van der Waals surface area (Å²) in [6, 6.07) is 5.59. The van der Waals surface area contributed by atoms with Crippen LogP contribution in [0.2, 0.25) is 5.02 Å². The van der Waals surface area contributed by atoms with Gasteiger partial charge in [-0.25, -0.2) is 0 Å². The highest BCUT2D eigenvalue weighted by Crippen LogP contribution is 2.25. The van der Waals surface area contributed by atoms with Crippen LogP contribution in [0.5, 0.6) is 0 Å². The SMILES string of the molecule is CCC(C(=O)Nc1ccc(Cl)c(N)c1)N(C)C1CCCCC1. The van der Waals surface area contributed by atoms with Gasteiger partial charge in [-0.15, -0.1) is 0 Å². The Morgan fingerprint density at radius 2 is 2.09 bits per heavy atom. The average Bonchev–Trinajstić information content (AvgIpc) is 2.52. The first-order valence-electron chi connectivity index (χ1n) is 8.10. The van der Waals surface area contributed by atoms with Crippen LogP contribution in [0, 0.1) is 0 Å². The van der Waals surface area contributed by atoms with Crippen LogP contribution in [0.3, 0.4) is 0 Å². The van der Waals surface area contributed by atoms with Crippen LogP contribution in [0.1, 0.15) is 45.4 Å². The lowest BCUT2D eigenvalue weighted by atomic mass is 9.93. The second-order valence-electron chi connectivity index (χ2n) is 6.11. The van der Waals surface area contributed by atoms with Crippen molar-refractivity contribution in [1.82, 2.24) is 4.90 Å². The van der Waals surface area contributed by atoms with Gasteiger partial charge in [-0.1, -0.05) is 37.8 Å². The summed E-state index contributed by atoms with van der Waals surface area (Å²) in [7, 11) is 2.07. The van der Waals surface area contributed by atoms with E-state index in [2.05, 4.69) is 24.2 Å². The van der Waals surface area contributed by atoms with Gasteiger partial charge in [0, 0.05) is 11.7 Å². The lowest BCUT2D eigenvalue weighted by molar-refractivity contribution is -0.122. The summed E-state index contributed by atoms with van der Waals surface area (Å²) in [5.41, 5.74) is 6.96. The molecule has 0 radical (unpaired) electrons. The number of carbonyl (C=O) groups excluding carboxylic acids is 1. The van der Waals surface area contributed by atoms with Gasteiger partial charge >= 0.3 is 0 Å². The Morgan fingerprint density at radius 1 is 1.41 bits per heavy atom. The molecule has 1 aliphatic rings. The molecule has 2 rings (SSSR count). The van der Waals surface area contributed by atoms with E-state index in [1.54, 1.807) is 18.2 Å². The summed E-state index contributed by atoms with van der Waals surface area (Å²) in [5.74, 6) is 0.0253. The summed E-state index contributed by atoms with van der Waals surface area (Å²) < 4.78 is 0. The Hall–Kier alpha value is -1.26. The van der Waals surface area contributed by atoms with E-state index in [0.717, 1.165) is 6.42 Å². The van der Waals surface area contributed by atoms with E-state index in [9.17, 15) is 4.79 Å². The molecule has 5 heteroatoms. The Morgan fingerprint density at radius 3 is 2.68 bits per heavy atom. The molecule has 0 aromatic heterocycles. The van der Waals surface area contributed by atoms with Crippen molar-refractivity contribution < 1.29 is 4.79 Å². The molecule has 1 aromatic carbocycles. The number of nitrogen functional groups attached to an aromatic ring is 1. The van der Waals surface area contributed by atoms with Crippen molar-refractivity contribution in [2.45, 2.75) is 57.5 Å². The van der Waals surface area contributed by atoms with Crippen LogP contribution in [-0.4, -0.2) is 29.9 Å². The normalized spacial score (nSPS) is 17.5. The molecule has 122 valence electrons. The predicted molar refractivity (Wildman–Crippen MR) is 93.2 cm³/mol. The molecule has 0 spiro atoms. The van der Waals surface area contributed by atoms with Gasteiger partial charge in [-0.2, -0.15) is 0 Å². The highest BCUT2D eigenvalue weighted by Gasteiger charge is 2.28. The maximum atomic E-state index is 12.6. The zero-order valence-electron chi connectivity index (χ0n) is 13.4. The lowest BCUT2D eigenvalue weighted by Crippen LogP contribution is -2.47. The molecular weight excluding hydrogens is 298 g/mol. The molecule has 1 amide bonds. The fraction of sp³-hybridized carbons (Fsp3) is 0.588. The number of hydrogen-bond donors (Lipinski definition) is 2. The largest absolute Gasteiger partial charge is 0.397 e. The van der Waals surface area contributed by atoms with Gasteiger partial charge < -0.3 is 11.1 Å². The third kappa shape index (κ3) is 4.14. The second-order valence-corrected chi connectivity index (χ2v) is 6.51. The number of likely N-dealkylation sites (N-methyl/N-ethyl adjacent to an activating group) is 1.